The maximum atomic E-state index is 12.8. The first-order valence-corrected chi connectivity index (χ1v) is 8.94. The van der Waals surface area contributed by atoms with Gasteiger partial charge >= 0.3 is 6.03 Å². The van der Waals surface area contributed by atoms with Gasteiger partial charge in [-0.3, -0.25) is 4.90 Å². The highest BCUT2D eigenvalue weighted by atomic mass is 16.5. The van der Waals surface area contributed by atoms with E-state index in [1.807, 2.05) is 63.2 Å². The Hall–Kier alpha value is -3.28. The van der Waals surface area contributed by atoms with Gasteiger partial charge in [0.2, 0.25) is 5.89 Å². The molecule has 2 amide bonds. The predicted molar refractivity (Wildman–Crippen MR) is 106 cm³/mol. The summed E-state index contributed by atoms with van der Waals surface area (Å²) in [7, 11) is 0. The number of carbonyl (C=O) groups is 1. The van der Waals surface area contributed by atoms with E-state index in [4.69, 9.17) is 9.15 Å². The highest BCUT2D eigenvalue weighted by Crippen LogP contribution is 2.26. The lowest BCUT2D eigenvalue weighted by Crippen LogP contribution is -2.34. The number of rotatable bonds is 6. The smallest absolute Gasteiger partial charge is 0.326 e. The molecule has 1 N–H and O–H groups in total. The summed E-state index contributed by atoms with van der Waals surface area (Å²) >= 11 is 0. The van der Waals surface area contributed by atoms with Crippen LogP contribution < -0.4 is 15.0 Å². The second kappa shape index (κ2) is 8.40. The van der Waals surface area contributed by atoms with Crippen molar-refractivity contribution >= 4 is 17.4 Å². The first-order valence-electron chi connectivity index (χ1n) is 8.94. The lowest BCUT2D eigenvalue weighted by Gasteiger charge is -2.22. The monoisotopic (exact) mass is 365 g/mol. The average Bonchev–Trinajstić information content (AvgIpc) is 3.20. The number of aromatic nitrogens is 1. The zero-order valence-corrected chi connectivity index (χ0v) is 15.7. The van der Waals surface area contributed by atoms with Gasteiger partial charge in [-0.1, -0.05) is 6.07 Å². The molecule has 0 saturated heterocycles. The summed E-state index contributed by atoms with van der Waals surface area (Å²) in [4.78, 5) is 18.7. The quantitative estimate of drug-likeness (QED) is 0.659. The van der Waals surface area contributed by atoms with Crippen molar-refractivity contribution in [3.05, 3.63) is 60.5 Å². The number of hydrogen-bond acceptors (Lipinski definition) is 4. The topological polar surface area (TPSA) is 67.6 Å². The van der Waals surface area contributed by atoms with E-state index in [9.17, 15) is 4.79 Å². The molecule has 6 nitrogen and oxygen atoms in total. The Morgan fingerprint density at radius 2 is 1.96 bits per heavy atom. The zero-order chi connectivity index (χ0) is 19.2. The van der Waals surface area contributed by atoms with Crippen molar-refractivity contribution in [1.29, 1.82) is 0 Å². The number of carbonyl (C=O) groups excluding carboxylic acids is 1. The Morgan fingerprint density at radius 1 is 1.19 bits per heavy atom. The standard InChI is InChI=1S/C21H23N3O3/c1-4-24(17-8-10-18(11-9-17)26-5-2)21(25)23-19-14-16(7-6-15(19)3)20-22-12-13-27-20/h6-14H,4-5H2,1-3H3,(H,23,25). The van der Waals surface area contributed by atoms with Gasteiger partial charge in [-0.15, -0.1) is 0 Å². The van der Waals surface area contributed by atoms with Gasteiger partial charge in [-0.2, -0.15) is 0 Å². The van der Waals surface area contributed by atoms with Crippen LogP contribution in [0.2, 0.25) is 0 Å². The molecule has 0 fully saturated rings. The van der Waals surface area contributed by atoms with Crippen LogP contribution >= 0.6 is 0 Å². The molecule has 27 heavy (non-hydrogen) atoms. The predicted octanol–water partition coefficient (Wildman–Crippen LogP) is 5.11. The fraction of sp³-hybridized carbons (Fsp3) is 0.238. The third-order valence-electron chi connectivity index (χ3n) is 4.18. The van der Waals surface area contributed by atoms with Crippen LogP contribution in [0.5, 0.6) is 5.75 Å². The third kappa shape index (κ3) is 4.28. The van der Waals surface area contributed by atoms with Crippen molar-refractivity contribution in [1.82, 2.24) is 4.98 Å². The van der Waals surface area contributed by atoms with E-state index in [0.29, 0.717) is 19.0 Å². The van der Waals surface area contributed by atoms with E-state index < -0.39 is 0 Å². The van der Waals surface area contributed by atoms with Gasteiger partial charge in [0, 0.05) is 23.5 Å². The number of amides is 2. The fourth-order valence-corrected chi connectivity index (χ4v) is 2.77. The molecule has 0 unspecified atom stereocenters. The van der Waals surface area contributed by atoms with Gasteiger partial charge in [0.05, 0.1) is 12.8 Å². The Kier molecular flexibility index (Phi) is 5.76. The van der Waals surface area contributed by atoms with Crippen molar-refractivity contribution < 1.29 is 13.9 Å². The van der Waals surface area contributed by atoms with Gasteiger partial charge in [0.25, 0.3) is 0 Å². The number of aryl methyl sites for hydroxylation is 1. The van der Waals surface area contributed by atoms with Crippen LogP contribution in [-0.4, -0.2) is 24.2 Å². The first-order chi connectivity index (χ1) is 13.1. The minimum atomic E-state index is -0.200. The van der Waals surface area contributed by atoms with Crippen molar-refractivity contribution in [2.24, 2.45) is 0 Å². The molecule has 0 atom stereocenters. The third-order valence-corrected chi connectivity index (χ3v) is 4.18. The number of urea groups is 1. The SMILES string of the molecule is CCOc1ccc(N(CC)C(=O)Nc2cc(-c3ncco3)ccc2C)cc1. The molecule has 6 heteroatoms. The average molecular weight is 365 g/mol. The molecule has 0 bridgehead atoms. The summed E-state index contributed by atoms with van der Waals surface area (Å²) < 4.78 is 10.8. The number of hydrogen-bond donors (Lipinski definition) is 1. The van der Waals surface area contributed by atoms with Crippen molar-refractivity contribution in [2.45, 2.75) is 20.8 Å². The number of anilines is 2. The molecule has 0 aliphatic heterocycles. The van der Waals surface area contributed by atoms with Crippen LogP contribution in [0.1, 0.15) is 19.4 Å². The highest BCUT2D eigenvalue weighted by molar-refractivity contribution is 6.02. The lowest BCUT2D eigenvalue weighted by molar-refractivity contribution is 0.257. The normalized spacial score (nSPS) is 10.5. The molecule has 0 aliphatic carbocycles. The summed E-state index contributed by atoms with van der Waals surface area (Å²) in [5.41, 5.74) is 3.30. The van der Waals surface area contributed by atoms with Crippen molar-refractivity contribution in [2.75, 3.05) is 23.4 Å². The molecule has 1 aromatic heterocycles. The molecule has 0 spiro atoms. The Balaban J connectivity index is 1.79. The Labute approximate surface area is 158 Å². The minimum Gasteiger partial charge on any atom is -0.494 e. The molecular formula is C21H23N3O3. The molecule has 2 aromatic carbocycles. The second-order valence-electron chi connectivity index (χ2n) is 5.97. The maximum absolute atomic E-state index is 12.8. The van der Waals surface area contributed by atoms with Gasteiger partial charge in [-0.25, -0.2) is 9.78 Å². The maximum Gasteiger partial charge on any atom is 0.326 e. The molecular weight excluding hydrogens is 342 g/mol. The van der Waals surface area contributed by atoms with Crippen LogP contribution in [0.4, 0.5) is 16.2 Å². The van der Waals surface area contributed by atoms with E-state index in [1.54, 1.807) is 11.1 Å². The van der Waals surface area contributed by atoms with E-state index in [0.717, 1.165) is 28.3 Å². The highest BCUT2D eigenvalue weighted by Gasteiger charge is 2.16. The Bertz CT molecular complexity index is 890. The number of nitrogens with zero attached hydrogens (tertiary/aromatic N) is 2. The minimum absolute atomic E-state index is 0.200. The summed E-state index contributed by atoms with van der Waals surface area (Å²) in [5.74, 6) is 1.30. The van der Waals surface area contributed by atoms with Crippen molar-refractivity contribution in [3.8, 4) is 17.2 Å². The number of oxazole rings is 1. The zero-order valence-electron chi connectivity index (χ0n) is 15.7. The van der Waals surface area contributed by atoms with E-state index in [-0.39, 0.29) is 6.03 Å². The summed E-state index contributed by atoms with van der Waals surface area (Å²) in [6, 6.07) is 13.0. The van der Waals surface area contributed by atoms with Crippen LogP contribution in [0, 0.1) is 6.92 Å². The number of benzene rings is 2. The summed E-state index contributed by atoms with van der Waals surface area (Å²) in [6.07, 6.45) is 3.12. The summed E-state index contributed by atoms with van der Waals surface area (Å²) in [5, 5.41) is 2.99. The molecule has 140 valence electrons. The number of nitrogens with one attached hydrogen (secondary N) is 1. The largest absolute Gasteiger partial charge is 0.494 e. The molecule has 3 aromatic rings. The van der Waals surface area contributed by atoms with Crippen LogP contribution in [-0.2, 0) is 0 Å². The fourth-order valence-electron chi connectivity index (χ4n) is 2.77. The summed E-state index contributed by atoms with van der Waals surface area (Å²) in [6.45, 7) is 6.97. The molecule has 1 heterocycles. The lowest BCUT2D eigenvalue weighted by atomic mass is 10.1. The van der Waals surface area contributed by atoms with Crippen LogP contribution in [0.25, 0.3) is 11.5 Å². The molecule has 3 rings (SSSR count). The van der Waals surface area contributed by atoms with Crippen molar-refractivity contribution in [3.63, 3.8) is 0 Å². The number of ether oxygens (including phenoxy) is 1. The van der Waals surface area contributed by atoms with E-state index >= 15 is 0 Å². The molecule has 0 aliphatic rings. The first kappa shape index (κ1) is 18.5. The second-order valence-corrected chi connectivity index (χ2v) is 5.97. The van der Waals surface area contributed by atoms with E-state index in [2.05, 4.69) is 10.3 Å². The van der Waals surface area contributed by atoms with Gasteiger partial charge < -0.3 is 14.5 Å². The molecule has 0 saturated carbocycles. The Morgan fingerprint density at radius 3 is 2.59 bits per heavy atom. The van der Waals surface area contributed by atoms with E-state index in [1.165, 1.54) is 6.26 Å². The van der Waals surface area contributed by atoms with Gasteiger partial charge in [0.1, 0.15) is 12.0 Å². The van der Waals surface area contributed by atoms with Crippen LogP contribution in [0.15, 0.2) is 59.3 Å². The van der Waals surface area contributed by atoms with Gasteiger partial charge in [-0.05, 0) is 62.7 Å². The van der Waals surface area contributed by atoms with Crippen LogP contribution in [0.3, 0.4) is 0 Å². The van der Waals surface area contributed by atoms with Gasteiger partial charge in [0.15, 0.2) is 0 Å². The molecule has 0 radical (unpaired) electrons.